The van der Waals surface area contributed by atoms with Crippen molar-refractivity contribution in [3.05, 3.63) is 18.3 Å². The molecule has 2 heterocycles. The molecule has 4 nitrogen and oxygen atoms in total. The van der Waals surface area contributed by atoms with Crippen LogP contribution in [0.1, 0.15) is 60.8 Å². The first-order chi connectivity index (χ1) is 11.1. The predicted molar refractivity (Wildman–Crippen MR) is 99.9 cm³/mol. The lowest BCUT2D eigenvalue weighted by Gasteiger charge is -2.34. The van der Waals surface area contributed by atoms with Gasteiger partial charge in [0, 0.05) is 25.8 Å². The molecule has 0 atom stereocenters. The van der Waals surface area contributed by atoms with Gasteiger partial charge in [-0.15, -0.1) is 0 Å². The molecule has 0 aromatic carbocycles. The van der Waals surface area contributed by atoms with E-state index in [9.17, 15) is 0 Å². The third-order valence-corrected chi connectivity index (χ3v) is 4.17. The Bertz CT molecular complexity index is 492. The number of hydrogen-bond acceptors (Lipinski definition) is 4. The van der Waals surface area contributed by atoms with Crippen LogP contribution in [-0.4, -0.2) is 35.9 Å². The van der Waals surface area contributed by atoms with Crippen LogP contribution in [0.2, 0.25) is 0 Å². The Morgan fingerprint density at radius 3 is 2.21 bits per heavy atom. The lowest BCUT2D eigenvalue weighted by Crippen LogP contribution is -2.34. The van der Waals surface area contributed by atoms with E-state index in [1.54, 1.807) is 0 Å². The molecular weight excluding hydrogens is 300 g/mol. The first kappa shape index (κ1) is 19.0. The Labute approximate surface area is 147 Å². The molecule has 0 radical (unpaired) electrons. The molecule has 0 saturated carbocycles. The summed E-state index contributed by atoms with van der Waals surface area (Å²) in [5.74, 6) is 1.47. The highest BCUT2D eigenvalue weighted by molar-refractivity contribution is 5.45. The number of anilines is 1. The van der Waals surface area contributed by atoms with E-state index in [1.807, 2.05) is 33.0 Å². The van der Waals surface area contributed by atoms with E-state index in [-0.39, 0.29) is 11.2 Å². The van der Waals surface area contributed by atoms with E-state index in [2.05, 4.69) is 36.7 Å². The van der Waals surface area contributed by atoms with Gasteiger partial charge >= 0.3 is 0 Å². The van der Waals surface area contributed by atoms with Crippen molar-refractivity contribution in [1.29, 1.82) is 0 Å². The van der Waals surface area contributed by atoms with Gasteiger partial charge in [0.05, 0.1) is 17.5 Å². The van der Waals surface area contributed by atoms with Gasteiger partial charge in [0.15, 0.2) is 0 Å². The van der Waals surface area contributed by atoms with Gasteiger partial charge in [0.1, 0.15) is 5.60 Å². The van der Waals surface area contributed by atoms with Crippen molar-refractivity contribution >= 4 is 5.69 Å². The highest BCUT2D eigenvalue weighted by Crippen LogP contribution is 2.26. The molecule has 1 aromatic rings. The maximum atomic E-state index is 5.86. The van der Waals surface area contributed by atoms with Crippen molar-refractivity contribution in [2.75, 3.05) is 24.6 Å². The van der Waals surface area contributed by atoms with Crippen molar-refractivity contribution < 1.29 is 9.47 Å². The molecule has 0 aliphatic carbocycles. The standard InChI is InChI=1S/C20H34N2O2/c1-19(2,3)23-14-11-16-9-12-22(13-10-16)17-7-8-18(21-15-17)24-20(4,5)6/h7-8,15-16H,9-14H2,1-6H3. The van der Waals surface area contributed by atoms with Gasteiger partial charge in [-0.3, -0.25) is 0 Å². The fraction of sp³-hybridized carbons (Fsp3) is 0.750. The lowest BCUT2D eigenvalue weighted by atomic mass is 9.93. The molecule has 0 amide bonds. The van der Waals surface area contributed by atoms with E-state index in [1.165, 1.54) is 24.9 Å². The number of pyridine rings is 1. The van der Waals surface area contributed by atoms with E-state index >= 15 is 0 Å². The smallest absolute Gasteiger partial charge is 0.213 e. The molecule has 1 aliphatic heterocycles. The topological polar surface area (TPSA) is 34.6 Å². The highest BCUT2D eigenvalue weighted by Gasteiger charge is 2.21. The SMILES string of the molecule is CC(C)(C)OCCC1CCN(c2ccc(OC(C)(C)C)nc2)CC1. The number of rotatable bonds is 5. The van der Waals surface area contributed by atoms with Gasteiger partial charge in [-0.2, -0.15) is 0 Å². The van der Waals surface area contributed by atoms with Crippen LogP contribution in [0.3, 0.4) is 0 Å². The third kappa shape index (κ3) is 6.68. The highest BCUT2D eigenvalue weighted by atomic mass is 16.5. The summed E-state index contributed by atoms with van der Waals surface area (Å²) in [5.41, 5.74) is 0.964. The normalized spacial score (nSPS) is 17.2. The van der Waals surface area contributed by atoms with Gasteiger partial charge in [0.2, 0.25) is 5.88 Å². The number of hydrogen-bond donors (Lipinski definition) is 0. The summed E-state index contributed by atoms with van der Waals surface area (Å²) in [6.07, 6.45) is 5.56. The molecule has 0 N–H and O–H groups in total. The molecular formula is C20H34N2O2. The van der Waals surface area contributed by atoms with Crippen LogP contribution in [0.25, 0.3) is 0 Å². The molecule has 4 heteroatoms. The molecule has 1 aliphatic rings. The summed E-state index contributed by atoms with van der Waals surface area (Å²) in [6, 6.07) is 4.10. The molecule has 0 spiro atoms. The van der Waals surface area contributed by atoms with E-state index in [0.29, 0.717) is 5.88 Å². The van der Waals surface area contributed by atoms with Gasteiger partial charge in [0.25, 0.3) is 0 Å². The van der Waals surface area contributed by atoms with Crippen LogP contribution in [0.4, 0.5) is 5.69 Å². The molecule has 0 bridgehead atoms. The summed E-state index contributed by atoms with van der Waals surface area (Å²) in [6.45, 7) is 15.5. The summed E-state index contributed by atoms with van der Waals surface area (Å²) in [5, 5.41) is 0. The zero-order chi connectivity index (χ0) is 17.8. The first-order valence-corrected chi connectivity index (χ1v) is 9.16. The van der Waals surface area contributed by atoms with Gasteiger partial charge < -0.3 is 14.4 Å². The zero-order valence-corrected chi connectivity index (χ0v) is 16.3. The molecule has 0 unspecified atom stereocenters. The van der Waals surface area contributed by atoms with Gasteiger partial charge in [-0.1, -0.05) is 0 Å². The van der Waals surface area contributed by atoms with Crippen molar-refractivity contribution in [1.82, 2.24) is 4.98 Å². The minimum atomic E-state index is -0.206. The van der Waals surface area contributed by atoms with Crippen LogP contribution >= 0.6 is 0 Å². The van der Waals surface area contributed by atoms with Crippen LogP contribution in [0, 0.1) is 5.92 Å². The lowest BCUT2D eigenvalue weighted by molar-refractivity contribution is -0.0103. The maximum absolute atomic E-state index is 5.86. The first-order valence-electron chi connectivity index (χ1n) is 9.16. The Hall–Kier alpha value is -1.29. The van der Waals surface area contributed by atoms with Crippen molar-refractivity contribution in [3.63, 3.8) is 0 Å². The maximum Gasteiger partial charge on any atom is 0.213 e. The molecule has 2 rings (SSSR count). The Balaban J connectivity index is 1.78. The van der Waals surface area contributed by atoms with Crippen molar-refractivity contribution in [2.45, 2.75) is 72.0 Å². The van der Waals surface area contributed by atoms with Crippen LogP contribution in [0.15, 0.2) is 18.3 Å². The average molecular weight is 335 g/mol. The molecule has 24 heavy (non-hydrogen) atoms. The molecule has 136 valence electrons. The fourth-order valence-corrected chi connectivity index (χ4v) is 2.95. The zero-order valence-electron chi connectivity index (χ0n) is 16.3. The Kier molecular flexibility index (Phi) is 6.13. The molecule has 1 aromatic heterocycles. The second-order valence-corrected chi connectivity index (χ2v) is 8.75. The number of piperidine rings is 1. The average Bonchev–Trinajstić information content (AvgIpc) is 2.46. The number of nitrogens with zero attached hydrogens (tertiary/aromatic N) is 2. The largest absolute Gasteiger partial charge is 0.472 e. The number of aromatic nitrogens is 1. The van der Waals surface area contributed by atoms with Gasteiger partial charge in [-0.25, -0.2) is 4.98 Å². The monoisotopic (exact) mass is 334 g/mol. The van der Waals surface area contributed by atoms with Crippen LogP contribution in [-0.2, 0) is 4.74 Å². The van der Waals surface area contributed by atoms with E-state index in [4.69, 9.17) is 9.47 Å². The van der Waals surface area contributed by atoms with E-state index < -0.39 is 0 Å². The predicted octanol–water partition coefficient (Wildman–Crippen LogP) is 4.68. The quantitative estimate of drug-likeness (QED) is 0.783. The van der Waals surface area contributed by atoms with Crippen molar-refractivity contribution in [3.8, 4) is 5.88 Å². The fourth-order valence-electron chi connectivity index (χ4n) is 2.95. The Morgan fingerprint density at radius 2 is 1.71 bits per heavy atom. The summed E-state index contributed by atoms with van der Waals surface area (Å²) in [7, 11) is 0. The second kappa shape index (κ2) is 7.73. The van der Waals surface area contributed by atoms with Crippen LogP contribution < -0.4 is 9.64 Å². The molecule has 1 saturated heterocycles. The van der Waals surface area contributed by atoms with Gasteiger partial charge in [-0.05, 0) is 72.8 Å². The third-order valence-electron chi connectivity index (χ3n) is 4.17. The second-order valence-electron chi connectivity index (χ2n) is 8.75. The Morgan fingerprint density at radius 1 is 1.04 bits per heavy atom. The summed E-state index contributed by atoms with van der Waals surface area (Å²) >= 11 is 0. The minimum absolute atomic E-state index is 0.0246. The van der Waals surface area contributed by atoms with Crippen LogP contribution in [0.5, 0.6) is 5.88 Å². The minimum Gasteiger partial charge on any atom is -0.472 e. The molecule has 1 fully saturated rings. The summed E-state index contributed by atoms with van der Waals surface area (Å²) in [4.78, 5) is 6.88. The summed E-state index contributed by atoms with van der Waals surface area (Å²) < 4.78 is 11.6. The van der Waals surface area contributed by atoms with Crippen molar-refractivity contribution in [2.24, 2.45) is 5.92 Å². The number of ether oxygens (including phenoxy) is 2. The van der Waals surface area contributed by atoms with E-state index in [0.717, 1.165) is 25.6 Å².